The average molecular weight is 397 g/mol. The van der Waals surface area contributed by atoms with Gasteiger partial charge in [0.2, 0.25) is 5.91 Å². The highest BCUT2D eigenvalue weighted by Gasteiger charge is 2.49. The van der Waals surface area contributed by atoms with E-state index in [0.717, 1.165) is 16.2 Å². The van der Waals surface area contributed by atoms with E-state index in [-0.39, 0.29) is 6.54 Å². The quantitative estimate of drug-likeness (QED) is 0.758. The number of imide groups is 1. The van der Waals surface area contributed by atoms with E-state index >= 15 is 0 Å². The highest BCUT2D eigenvalue weighted by atomic mass is 16.2. The van der Waals surface area contributed by atoms with Crippen molar-refractivity contribution in [3.05, 3.63) is 46.8 Å². The molecule has 4 amide bonds. The molecule has 1 atom stereocenters. The van der Waals surface area contributed by atoms with Gasteiger partial charge in [-0.05, 0) is 37.8 Å². The molecule has 154 valence electrons. The molecule has 0 bridgehead atoms. The zero-order chi connectivity index (χ0) is 21.5. The second-order valence-corrected chi connectivity index (χ2v) is 7.94. The summed E-state index contributed by atoms with van der Waals surface area (Å²) in [6, 6.07) is 7.01. The first-order valence-electron chi connectivity index (χ1n) is 9.59. The van der Waals surface area contributed by atoms with Crippen molar-refractivity contribution in [1.29, 1.82) is 0 Å². The third-order valence-electron chi connectivity index (χ3n) is 5.50. The number of amides is 4. The Balaban J connectivity index is 1.77. The van der Waals surface area contributed by atoms with Crippen molar-refractivity contribution in [3.8, 4) is 0 Å². The average Bonchev–Trinajstić information content (AvgIpc) is 3.03. The van der Waals surface area contributed by atoms with Crippen LogP contribution < -0.4 is 10.6 Å². The number of anilines is 1. The van der Waals surface area contributed by atoms with Gasteiger partial charge in [0, 0.05) is 7.05 Å². The summed E-state index contributed by atoms with van der Waals surface area (Å²) in [6.45, 7) is 9.09. The molecule has 1 saturated heterocycles. The van der Waals surface area contributed by atoms with Gasteiger partial charge in [-0.25, -0.2) is 4.79 Å². The van der Waals surface area contributed by atoms with E-state index in [4.69, 9.17) is 0 Å². The molecule has 29 heavy (non-hydrogen) atoms. The minimum Gasteiger partial charge on any atom is -0.321 e. The van der Waals surface area contributed by atoms with E-state index in [9.17, 15) is 14.4 Å². The van der Waals surface area contributed by atoms with Gasteiger partial charge >= 0.3 is 6.03 Å². The SMILES string of the molecule is Cc1nn(C)c(C)c1NC(=O)CN1C(=O)N[C@](C)(c2ccc(C(C)C)cc2)C1=O. The number of aromatic nitrogens is 2. The summed E-state index contributed by atoms with van der Waals surface area (Å²) in [5, 5.41) is 9.74. The van der Waals surface area contributed by atoms with Crippen LogP contribution in [0.3, 0.4) is 0 Å². The highest BCUT2D eigenvalue weighted by molar-refractivity contribution is 6.10. The molecule has 2 heterocycles. The number of nitrogens with zero attached hydrogens (tertiary/aromatic N) is 3. The maximum atomic E-state index is 13.0. The number of rotatable bonds is 5. The van der Waals surface area contributed by atoms with Gasteiger partial charge in [-0.3, -0.25) is 19.2 Å². The van der Waals surface area contributed by atoms with Gasteiger partial charge < -0.3 is 10.6 Å². The highest BCUT2D eigenvalue weighted by Crippen LogP contribution is 2.30. The van der Waals surface area contributed by atoms with E-state index in [1.54, 1.807) is 25.6 Å². The lowest BCUT2D eigenvalue weighted by molar-refractivity contribution is -0.133. The van der Waals surface area contributed by atoms with Crippen molar-refractivity contribution in [2.45, 2.75) is 46.1 Å². The van der Waals surface area contributed by atoms with Gasteiger partial charge in [-0.15, -0.1) is 0 Å². The summed E-state index contributed by atoms with van der Waals surface area (Å²) in [5.41, 5.74) is 2.69. The number of carbonyl (C=O) groups is 3. The molecule has 1 aliphatic rings. The Morgan fingerprint density at radius 3 is 2.34 bits per heavy atom. The Morgan fingerprint density at radius 1 is 1.21 bits per heavy atom. The molecule has 2 aromatic rings. The Hall–Kier alpha value is -3.16. The van der Waals surface area contributed by atoms with Gasteiger partial charge in [0.25, 0.3) is 5.91 Å². The third-order valence-corrected chi connectivity index (χ3v) is 5.50. The number of hydrogen-bond donors (Lipinski definition) is 2. The molecule has 0 saturated carbocycles. The van der Waals surface area contributed by atoms with Crippen LogP contribution in [0.1, 0.15) is 49.2 Å². The minimum absolute atomic E-state index is 0.363. The fourth-order valence-corrected chi connectivity index (χ4v) is 3.51. The van der Waals surface area contributed by atoms with E-state index in [2.05, 4.69) is 29.6 Å². The maximum Gasteiger partial charge on any atom is 0.325 e. The summed E-state index contributed by atoms with van der Waals surface area (Å²) in [4.78, 5) is 39.0. The number of nitrogens with one attached hydrogen (secondary N) is 2. The summed E-state index contributed by atoms with van der Waals surface area (Å²) in [5.74, 6) is -0.535. The number of urea groups is 1. The number of carbonyl (C=O) groups excluding carboxylic acids is 3. The maximum absolute atomic E-state index is 13.0. The van der Waals surface area contributed by atoms with Gasteiger partial charge in [0.15, 0.2) is 0 Å². The molecule has 8 heteroatoms. The summed E-state index contributed by atoms with van der Waals surface area (Å²) >= 11 is 0. The van der Waals surface area contributed by atoms with Crippen LogP contribution in [-0.4, -0.2) is 39.1 Å². The predicted octanol–water partition coefficient (Wildman–Crippen LogP) is 2.57. The lowest BCUT2D eigenvalue weighted by Gasteiger charge is -2.22. The van der Waals surface area contributed by atoms with Gasteiger partial charge in [-0.2, -0.15) is 5.10 Å². The van der Waals surface area contributed by atoms with Crippen LogP contribution in [0.5, 0.6) is 0 Å². The second kappa shape index (κ2) is 7.35. The summed E-state index contributed by atoms with van der Waals surface area (Å²) < 4.78 is 1.66. The fourth-order valence-electron chi connectivity index (χ4n) is 3.51. The molecule has 1 aromatic heterocycles. The monoisotopic (exact) mass is 397 g/mol. The first-order chi connectivity index (χ1) is 13.5. The molecule has 8 nitrogen and oxygen atoms in total. The Labute approximate surface area is 170 Å². The Kier molecular flexibility index (Phi) is 5.21. The van der Waals surface area contributed by atoms with E-state index < -0.39 is 23.4 Å². The zero-order valence-electron chi connectivity index (χ0n) is 17.7. The van der Waals surface area contributed by atoms with E-state index in [1.807, 2.05) is 31.2 Å². The lowest BCUT2D eigenvalue weighted by atomic mass is 9.90. The lowest BCUT2D eigenvalue weighted by Crippen LogP contribution is -2.42. The molecule has 3 rings (SSSR count). The largest absolute Gasteiger partial charge is 0.325 e. The molecule has 0 unspecified atom stereocenters. The van der Waals surface area contributed by atoms with Crippen LogP contribution in [-0.2, 0) is 22.2 Å². The minimum atomic E-state index is -1.20. The fraction of sp³-hybridized carbons (Fsp3) is 0.429. The van der Waals surface area contributed by atoms with Crippen molar-refractivity contribution >= 4 is 23.5 Å². The molecule has 0 spiro atoms. The molecular formula is C21H27N5O3. The standard InChI is InChI=1S/C21H27N5O3/c1-12(2)15-7-9-16(10-8-15)21(5)19(28)26(20(29)23-21)11-17(27)22-18-13(3)24-25(6)14(18)4/h7-10,12H,11H2,1-6H3,(H,22,27)(H,23,29)/t21-/m1/s1. The normalized spacial score (nSPS) is 19.1. The third kappa shape index (κ3) is 3.62. The second-order valence-electron chi connectivity index (χ2n) is 7.94. The van der Waals surface area contributed by atoms with Crippen molar-refractivity contribution in [2.75, 3.05) is 11.9 Å². The van der Waals surface area contributed by atoms with Crippen LogP contribution in [0.2, 0.25) is 0 Å². The van der Waals surface area contributed by atoms with Crippen LogP contribution in [0, 0.1) is 13.8 Å². The van der Waals surface area contributed by atoms with Gasteiger partial charge in [0.05, 0.1) is 17.1 Å². The van der Waals surface area contributed by atoms with Gasteiger partial charge in [0.1, 0.15) is 12.1 Å². The molecule has 0 aliphatic carbocycles. The molecule has 1 aliphatic heterocycles. The van der Waals surface area contributed by atoms with E-state index in [1.165, 1.54) is 0 Å². The summed E-state index contributed by atoms with van der Waals surface area (Å²) in [6.07, 6.45) is 0. The van der Waals surface area contributed by atoms with Crippen molar-refractivity contribution < 1.29 is 14.4 Å². The zero-order valence-corrected chi connectivity index (χ0v) is 17.7. The van der Waals surface area contributed by atoms with E-state index in [0.29, 0.717) is 22.9 Å². The summed E-state index contributed by atoms with van der Waals surface area (Å²) in [7, 11) is 1.78. The molecule has 1 aromatic carbocycles. The first-order valence-corrected chi connectivity index (χ1v) is 9.59. The predicted molar refractivity (Wildman–Crippen MR) is 109 cm³/mol. The number of aryl methyl sites for hydroxylation is 2. The van der Waals surface area contributed by atoms with Crippen molar-refractivity contribution in [1.82, 2.24) is 20.0 Å². The molecular weight excluding hydrogens is 370 g/mol. The van der Waals surface area contributed by atoms with Crippen molar-refractivity contribution in [2.24, 2.45) is 7.05 Å². The van der Waals surface area contributed by atoms with Crippen LogP contribution >= 0.6 is 0 Å². The van der Waals surface area contributed by atoms with Crippen LogP contribution in [0.25, 0.3) is 0 Å². The van der Waals surface area contributed by atoms with Gasteiger partial charge in [-0.1, -0.05) is 38.1 Å². The van der Waals surface area contributed by atoms with Crippen LogP contribution in [0.4, 0.5) is 10.5 Å². The Morgan fingerprint density at radius 2 is 1.83 bits per heavy atom. The molecule has 2 N–H and O–H groups in total. The molecule has 0 radical (unpaired) electrons. The molecule has 1 fully saturated rings. The number of hydrogen-bond acceptors (Lipinski definition) is 4. The topological polar surface area (TPSA) is 96.3 Å². The van der Waals surface area contributed by atoms with Crippen LogP contribution in [0.15, 0.2) is 24.3 Å². The Bertz CT molecular complexity index is 977. The smallest absolute Gasteiger partial charge is 0.321 e. The first kappa shape index (κ1) is 20.6. The number of benzene rings is 1. The van der Waals surface area contributed by atoms with Crippen molar-refractivity contribution in [3.63, 3.8) is 0 Å².